The monoisotopic (exact) mass is 319 g/mol. The molecule has 1 heterocycles. The normalized spacial score (nSPS) is 22.8. The lowest BCUT2D eigenvalue weighted by atomic mass is 9.75. The van der Waals surface area contributed by atoms with Crippen LogP contribution in [0.25, 0.3) is 0 Å². The number of benzene rings is 1. The maximum atomic E-state index is 6.30. The fourth-order valence-electron chi connectivity index (χ4n) is 3.18. The number of rotatable bonds is 6. The van der Waals surface area contributed by atoms with Gasteiger partial charge in [-0.05, 0) is 48.3 Å². The van der Waals surface area contributed by atoms with E-state index in [0.29, 0.717) is 18.0 Å². The lowest BCUT2D eigenvalue weighted by molar-refractivity contribution is 0.261. The van der Waals surface area contributed by atoms with E-state index >= 15 is 0 Å². The minimum atomic E-state index is 0.521. The molecule has 0 spiro atoms. The fourth-order valence-corrected chi connectivity index (χ4v) is 4.30. The Bertz CT molecular complexity index is 560. The minimum Gasteiger partial charge on any atom is -0.306 e. The molecule has 0 aliphatic heterocycles. The molecule has 1 aliphatic rings. The second-order valence-electron chi connectivity index (χ2n) is 5.91. The lowest BCUT2D eigenvalue weighted by Gasteiger charge is -2.39. The van der Waals surface area contributed by atoms with Gasteiger partial charge in [-0.1, -0.05) is 49.2 Å². The van der Waals surface area contributed by atoms with Gasteiger partial charge in [0.15, 0.2) is 0 Å². The Balaban J connectivity index is 1.57. The SMILES string of the molecule is CCCC(NC1CC(c2ccccc2Cl)C1)c1cccs1. The largest absolute Gasteiger partial charge is 0.306 e. The Morgan fingerprint density at radius 3 is 2.71 bits per heavy atom. The molecule has 1 N–H and O–H groups in total. The maximum Gasteiger partial charge on any atom is 0.0440 e. The van der Waals surface area contributed by atoms with Gasteiger partial charge in [-0.2, -0.15) is 0 Å². The average molecular weight is 320 g/mol. The van der Waals surface area contributed by atoms with Crippen LogP contribution in [0.5, 0.6) is 0 Å². The molecule has 1 saturated carbocycles. The summed E-state index contributed by atoms with van der Waals surface area (Å²) >= 11 is 8.16. The van der Waals surface area contributed by atoms with E-state index in [9.17, 15) is 0 Å². The summed E-state index contributed by atoms with van der Waals surface area (Å²) in [7, 11) is 0. The van der Waals surface area contributed by atoms with Crippen molar-refractivity contribution in [3.05, 3.63) is 57.2 Å². The quantitative estimate of drug-likeness (QED) is 0.711. The van der Waals surface area contributed by atoms with Crippen LogP contribution in [-0.4, -0.2) is 6.04 Å². The summed E-state index contributed by atoms with van der Waals surface area (Å²) in [4.78, 5) is 1.47. The van der Waals surface area contributed by atoms with Gasteiger partial charge in [0.2, 0.25) is 0 Å². The van der Waals surface area contributed by atoms with Gasteiger partial charge in [-0.3, -0.25) is 0 Å². The molecular weight excluding hydrogens is 298 g/mol. The van der Waals surface area contributed by atoms with E-state index in [0.717, 1.165) is 5.02 Å². The van der Waals surface area contributed by atoms with Crippen LogP contribution in [0.2, 0.25) is 5.02 Å². The molecule has 0 bridgehead atoms. The van der Waals surface area contributed by atoms with Crippen LogP contribution in [0.15, 0.2) is 41.8 Å². The van der Waals surface area contributed by atoms with E-state index in [1.807, 2.05) is 23.5 Å². The van der Waals surface area contributed by atoms with Gasteiger partial charge < -0.3 is 5.32 Å². The summed E-state index contributed by atoms with van der Waals surface area (Å²) in [6.07, 6.45) is 4.84. The molecule has 1 aromatic heterocycles. The third kappa shape index (κ3) is 3.50. The molecule has 1 nitrogen and oxygen atoms in total. The smallest absolute Gasteiger partial charge is 0.0440 e. The zero-order valence-electron chi connectivity index (χ0n) is 12.4. The van der Waals surface area contributed by atoms with Crippen molar-refractivity contribution < 1.29 is 0 Å². The molecule has 1 unspecified atom stereocenters. The van der Waals surface area contributed by atoms with Crippen molar-refractivity contribution in [2.24, 2.45) is 0 Å². The number of hydrogen-bond acceptors (Lipinski definition) is 2. The van der Waals surface area contributed by atoms with Crippen molar-refractivity contribution in [2.75, 3.05) is 0 Å². The highest BCUT2D eigenvalue weighted by molar-refractivity contribution is 7.10. The highest BCUT2D eigenvalue weighted by atomic mass is 35.5. The second-order valence-corrected chi connectivity index (χ2v) is 7.30. The van der Waals surface area contributed by atoms with Crippen LogP contribution in [0.4, 0.5) is 0 Å². The van der Waals surface area contributed by atoms with Gasteiger partial charge in [0, 0.05) is 22.0 Å². The molecule has 2 aromatic rings. The topological polar surface area (TPSA) is 12.0 Å². The summed E-state index contributed by atoms with van der Waals surface area (Å²) in [5, 5.41) is 6.94. The molecule has 1 aliphatic carbocycles. The molecule has 1 atom stereocenters. The van der Waals surface area contributed by atoms with Crippen LogP contribution in [0.3, 0.4) is 0 Å². The first-order valence-electron chi connectivity index (χ1n) is 7.81. The Kier molecular flexibility index (Phi) is 4.99. The molecule has 0 radical (unpaired) electrons. The van der Waals surface area contributed by atoms with Crippen molar-refractivity contribution in [3.8, 4) is 0 Å². The molecule has 3 rings (SSSR count). The molecule has 1 fully saturated rings. The van der Waals surface area contributed by atoms with Crippen molar-refractivity contribution in [3.63, 3.8) is 0 Å². The standard InChI is InChI=1S/C18H22ClNS/c1-2-6-17(18-9-5-10-21-18)20-14-11-13(12-14)15-7-3-4-8-16(15)19/h3-5,7-10,13-14,17,20H,2,6,11-12H2,1H3. The van der Waals surface area contributed by atoms with E-state index in [1.165, 1.54) is 36.1 Å². The van der Waals surface area contributed by atoms with E-state index in [-0.39, 0.29) is 0 Å². The highest BCUT2D eigenvalue weighted by Gasteiger charge is 2.32. The van der Waals surface area contributed by atoms with Crippen LogP contribution < -0.4 is 5.32 Å². The van der Waals surface area contributed by atoms with Crippen LogP contribution in [-0.2, 0) is 0 Å². The van der Waals surface area contributed by atoms with E-state index in [2.05, 4.69) is 41.9 Å². The Morgan fingerprint density at radius 2 is 2.05 bits per heavy atom. The molecule has 1 aromatic carbocycles. The van der Waals surface area contributed by atoms with E-state index < -0.39 is 0 Å². The Hall–Kier alpha value is -0.830. The van der Waals surface area contributed by atoms with Gasteiger partial charge in [0.1, 0.15) is 0 Å². The third-order valence-corrected chi connectivity index (χ3v) is 5.71. The zero-order chi connectivity index (χ0) is 14.7. The predicted octanol–water partition coefficient (Wildman–Crippen LogP) is 5.78. The Morgan fingerprint density at radius 1 is 1.24 bits per heavy atom. The van der Waals surface area contributed by atoms with E-state index in [4.69, 9.17) is 11.6 Å². The number of thiophene rings is 1. The Labute approximate surface area is 136 Å². The first-order chi connectivity index (χ1) is 10.3. The lowest BCUT2D eigenvalue weighted by Crippen LogP contribution is -2.41. The summed E-state index contributed by atoms with van der Waals surface area (Å²) in [6.45, 7) is 2.26. The summed E-state index contributed by atoms with van der Waals surface area (Å²) < 4.78 is 0. The van der Waals surface area contributed by atoms with Crippen LogP contribution in [0.1, 0.15) is 55.0 Å². The van der Waals surface area contributed by atoms with Gasteiger partial charge in [-0.25, -0.2) is 0 Å². The average Bonchev–Trinajstić information content (AvgIpc) is 2.96. The molecule has 0 saturated heterocycles. The van der Waals surface area contributed by atoms with Gasteiger partial charge in [0.25, 0.3) is 0 Å². The highest BCUT2D eigenvalue weighted by Crippen LogP contribution is 2.41. The number of hydrogen-bond donors (Lipinski definition) is 1. The molecule has 112 valence electrons. The van der Waals surface area contributed by atoms with Crippen LogP contribution in [0, 0.1) is 0 Å². The molecular formula is C18H22ClNS. The predicted molar refractivity (Wildman–Crippen MR) is 92.3 cm³/mol. The number of halogens is 1. The van der Waals surface area contributed by atoms with Gasteiger partial charge in [0.05, 0.1) is 0 Å². The van der Waals surface area contributed by atoms with Crippen molar-refractivity contribution >= 4 is 22.9 Å². The first-order valence-corrected chi connectivity index (χ1v) is 9.07. The zero-order valence-corrected chi connectivity index (χ0v) is 14.0. The van der Waals surface area contributed by atoms with Crippen LogP contribution >= 0.6 is 22.9 Å². The van der Waals surface area contributed by atoms with Gasteiger partial charge >= 0.3 is 0 Å². The number of nitrogens with one attached hydrogen (secondary N) is 1. The summed E-state index contributed by atoms with van der Waals surface area (Å²) in [5.41, 5.74) is 1.32. The molecule has 3 heteroatoms. The second kappa shape index (κ2) is 6.95. The van der Waals surface area contributed by atoms with Crippen molar-refractivity contribution in [1.29, 1.82) is 0 Å². The summed E-state index contributed by atoms with van der Waals surface area (Å²) in [5.74, 6) is 0.627. The first kappa shape index (κ1) is 15.1. The van der Waals surface area contributed by atoms with Crippen molar-refractivity contribution in [2.45, 2.75) is 50.6 Å². The third-order valence-electron chi connectivity index (χ3n) is 4.38. The summed E-state index contributed by atoms with van der Waals surface area (Å²) in [6, 6.07) is 13.8. The van der Waals surface area contributed by atoms with E-state index in [1.54, 1.807) is 0 Å². The van der Waals surface area contributed by atoms with Gasteiger partial charge in [-0.15, -0.1) is 11.3 Å². The minimum absolute atomic E-state index is 0.521. The molecule has 21 heavy (non-hydrogen) atoms. The van der Waals surface area contributed by atoms with Crippen molar-refractivity contribution in [1.82, 2.24) is 5.32 Å². The fraction of sp³-hybridized carbons (Fsp3) is 0.444. The molecule has 0 amide bonds. The maximum absolute atomic E-state index is 6.30.